The first-order valence-electron chi connectivity index (χ1n) is 11.5. The van der Waals surface area contributed by atoms with E-state index in [-0.39, 0.29) is 5.41 Å². The third kappa shape index (κ3) is 4.28. The lowest BCUT2D eigenvalue weighted by Gasteiger charge is -2.22. The lowest BCUT2D eigenvalue weighted by molar-refractivity contribution is 0.596. The Morgan fingerprint density at radius 3 is 2.45 bits per heavy atom. The minimum Gasteiger partial charge on any atom is -0.245 e. The van der Waals surface area contributed by atoms with Gasteiger partial charge in [0.2, 0.25) is 0 Å². The Morgan fingerprint density at radius 2 is 1.67 bits per heavy atom. The van der Waals surface area contributed by atoms with Crippen LogP contribution in [0.25, 0.3) is 43.6 Å². The van der Waals surface area contributed by atoms with E-state index in [9.17, 15) is 0 Å². The largest absolute Gasteiger partial charge is 0.245 e. The molecule has 166 valence electrons. The summed E-state index contributed by atoms with van der Waals surface area (Å²) in [5.41, 5.74) is 7.57. The van der Waals surface area contributed by atoms with Crippen molar-refractivity contribution in [3.63, 3.8) is 0 Å². The SMILES string of the molecule is CC(C)Cc1csc2ccc(-c3cc(-c4cc(C(C)(C)C)c5ccccc5c4)ncn3)nc12. The van der Waals surface area contributed by atoms with Crippen LogP contribution in [-0.4, -0.2) is 15.0 Å². The van der Waals surface area contributed by atoms with Crippen molar-refractivity contribution in [2.45, 2.75) is 46.5 Å². The quantitative estimate of drug-likeness (QED) is 0.277. The zero-order valence-corrected chi connectivity index (χ0v) is 20.7. The minimum absolute atomic E-state index is 0.0316. The molecule has 33 heavy (non-hydrogen) atoms. The van der Waals surface area contributed by atoms with E-state index in [0.29, 0.717) is 5.92 Å². The van der Waals surface area contributed by atoms with Gasteiger partial charge in [0, 0.05) is 5.56 Å². The zero-order chi connectivity index (χ0) is 23.2. The van der Waals surface area contributed by atoms with Crippen molar-refractivity contribution < 1.29 is 0 Å². The summed E-state index contributed by atoms with van der Waals surface area (Å²) in [5, 5.41) is 4.78. The van der Waals surface area contributed by atoms with E-state index < -0.39 is 0 Å². The lowest BCUT2D eigenvalue weighted by Crippen LogP contribution is -2.12. The highest BCUT2D eigenvalue weighted by Gasteiger charge is 2.19. The van der Waals surface area contributed by atoms with E-state index in [1.54, 1.807) is 17.7 Å². The van der Waals surface area contributed by atoms with Crippen molar-refractivity contribution >= 4 is 32.3 Å². The van der Waals surface area contributed by atoms with Crippen LogP contribution >= 0.6 is 11.3 Å². The van der Waals surface area contributed by atoms with E-state index in [2.05, 4.69) is 105 Å². The molecule has 0 aliphatic rings. The molecule has 0 N–H and O–H groups in total. The van der Waals surface area contributed by atoms with Gasteiger partial charge in [0.05, 0.1) is 27.3 Å². The molecule has 3 heterocycles. The fraction of sp³-hybridized carbons (Fsp3) is 0.276. The highest BCUT2D eigenvalue weighted by Crippen LogP contribution is 2.35. The van der Waals surface area contributed by atoms with Gasteiger partial charge in [-0.15, -0.1) is 11.3 Å². The predicted molar refractivity (Wildman–Crippen MR) is 141 cm³/mol. The molecule has 0 fully saturated rings. The number of nitrogens with zero attached hydrogens (tertiary/aromatic N) is 3. The Hall–Kier alpha value is -3.11. The summed E-state index contributed by atoms with van der Waals surface area (Å²) in [6.07, 6.45) is 2.70. The van der Waals surface area contributed by atoms with Gasteiger partial charge < -0.3 is 0 Å². The van der Waals surface area contributed by atoms with Gasteiger partial charge in [-0.3, -0.25) is 0 Å². The molecule has 5 aromatic rings. The van der Waals surface area contributed by atoms with Crippen LogP contribution in [0.1, 0.15) is 45.7 Å². The molecule has 0 amide bonds. The molecule has 0 spiro atoms. The van der Waals surface area contributed by atoms with Crippen molar-refractivity contribution in [3.8, 4) is 22.6 Å². The predicted octanol–water partition coefficient (Wildman–Crippen LogP) is 8.07. The molecule has 0 saturated carbocycles. The monoisotopic (exact) mass is 451 g/mol. The second-order valence-electron chi connectivity index (χ2n) is 10.2. The number of rotatable bonds is 4. The Kier molecular flexibility index (Phi) is 5.49. The number of pyridine rings is 1. The highest BCUT2D eigenvalue weighted by molar-refractivity contribution is 7.17. The molecule has 0 saturated heterocycles. The molecule has 0 atom stereocenters. The van der Waals surface area contributed by atoms with Crippen LogP contribution in [0.3, 0.4) is 0 Å². The van der Waals surface area contributed by atoms with E-state index >= 15 is 0 Å². The van der Waals surface area contributed by atoms with Gasteiger partial charge in [-0.1, -0.05) is 58.9 Å². The maximum absolute atomic E-state index is 5.02. The van der Waals surface area contributed by atoms with Crippen LogP contribution in [0.4, 0.5) is 0 Å². The zero-order valence-electron chi connectivity index (χ0n) is 19.9. The van der Waals surface area contributed by atoms with Gasteiger partial charge in [0.1, 0.15) is 6.33 Å². The number of fused-ring (bicyclic) bond motifs is 2. The average Bonchev–Trinajstić information content (AvgIpc) is 3.19. The van der Waals surface area contributed by atoms with Gasteiger partial charge >= 0.3 is 0 Å². The van der Waals surface area contributed by atoms with Crippen molar-refractivity contribution in [1.29, 1.82) is 0 Å². The summed E-state index contributed by atoms with van der Waals surface area (Å²) in [6, 6.07) is 19.4. The van der Waals surface area contributed by atoms with Crippen LogP contribution in [0.15, 0.2) is 66.3 Å². The molecular weight excluding hydrogens is 422 g/mol. The molecule has 0 aliphatic carbocycles. The van der Waals surface area contributed by atoms with Crippen LogP contribution in [0.5, 0.6) is 0 Å². The molecule has 2 aromatic carbocycles. The number of thiophene rings is 1. The molecule has 3 nitrogen and oxygen atoms in total. The maximum Gasteiger partial charge on any atom is 0.116 e. The first-order chi connectivity index (χ1) is 15.8. The van der Waals surface area contributed by atoms with E-state index in [4.69, 9.17) is 4.98 Å². The Labute approximate surface area is 199 Å². The van der Waals surface area contributed by atoms with E-state index in [0.717, 1.165) is 34.6 Å². The van der Waals surface area contributed by atoms with Gasteiger partial charge in [0.15, 0.2) is 0 Å². The average molecular weight is 452 g/mol. The first-order valence-corrected chi connectivity index (χ1v) is 12.4. The molecule has 4 heteroatoms. The van der Waals surface area contributed by atoms with Gasteiger partial charge in [-0.2, -0.15) is 0 Å². The summed E-state index contributed by atoms with van der Waals surface area (Å²) in [5.74, 6) is 0.601. The topological polar surface area (TPSA) is 38.7 Å². The standard InChI is InChI=1S/C29H29N3S/c1-18(2)12-21-16-33-27-11-10-24(32-28(21)27)26-15-25(30-17-31-26)20-13-19-8-6-7-9-22(19)23(14-20)29(3,4)5/h6-11,13-18H,12H2,1-5H3. The van der Waals surface area contributed by atoms with Crippen LogP contribution < -0.4 is 0 Å². The minimum atomic E-state index is 0.0316. The van der Waals surface area contributed by atoms with Crippen molar-refractivity contribution in [1.82, 2.24) is 15.0 Å². The van der Waals surface area contributed by atoms with Crippen LogP contribution in [0.2, 0.25) is 0 Å². The van der Waals surface area contributed by atoms with Gasteiger partial charge in [-0.05, 0) is 75.4 Å². The van der Waals surface area contributed by atoms with Gasteiger partial charge in [-0.25, -0.2) is 15.0 Å². The van der Waals surface area contributed by atoms with Crippen molar-refractivity contribution in [3.05, 3.63) is 77.4 Å². The highest BCUT2D eigenvalue weighted by atomic mass is 32.1. The van der Waals surface area contributed by atoms with E-state index in [1.165, 1.54) is 26.6 Å². The summed E-state index contributed by atoms with van der Waals surface area (Å²) < 4.78 is 1.23. The summed E-state index contributed by atoms with van der Waals surface area (Å²) in [6.45, 7) is 11.3. The number of aromatic nitrogens is 3. The van der Waals surface area contributed by atoms with Crippen molar-refractivity contribution in [2.24, 2.45) is 5.92 Å². The maximum atomic E-state index is 5.02. The fourth-order valence-electron chi connectivity index (χ4n) is 4.42. The first kappa shape index (κ1) is 21.7. The Bertz CT molecular complexity index is 1460. The Balaban J connectivity index is 1.61. The van der Waals surface area contributed by atoms with Gasteiger partial charge in [0.25, 0.3) is 0 Å². The molecule has 3 aromatic heterocycles. The second-order valence-corrected chi connectivity index (χ2v) is 11.1. The van der Waals surface area contributed by atoms with Crippen LogP contribution in [0, 0.1) is 5.92 Å². The fourth-order valence-corrected chi connectivity index (χ4v) is 5.34. The molecule has 0 aliphatic heterocycles. The summed E-state index contributed by atoms with van der Waals surface area (Å²) in [4.78, 5) is 14.2. The number of hydrogen-bond donors (Lipinski definition) is 0. The smallest absolute Gasteiger partial charge is 0.116 e. The third-order valence-electron chi connectivity index (χ3n) is 6.01. The molecular formula is C29H29N3S. The second kappa shape index (κ2) is 8.35. The summed E-state index contributed by atoms with van der Waals surface area (Å²) >= 11 is 1.77. The molecule has 0 radical (unpaired) electrons. The normalized spacial score (nSPS) is 12.2. The summed E-state index contributed by atoms with van der Waals surface area (Å²) in [7, 11) is 0. The Morgan fingerprint density at radius 1 is 0.879 bits per heavy atom. The van der Waals surface area contributed by atoms with Crippen LogP contribution in [-0.2, 0) is 11.8 Å². The third-order valence-corrected chi connectivity index (χ3v) is 7.00. The molecule has 0 unspecified atom stereocenters. The lowest BCUT2D eigenvalue weighted by atomic mass is 9.82. The molecule has 5 rings (SSSR count). The van der Waals surface area contributed by atoms with E-state index in [1.807, 2.05) is 0 Å². The number of hydrogen-bond acceptors (Lipinski definition) is 4. The van der Waals surface area contributed by atoms with Crippen molar-refractivity contribution in [2.75, 3.05) is 0 Å². The molecule has 0 bridgehead atoms. The number of benzene rings is 2.